The van der Waals surface area contributed by atoms with Crippen LogP contribution in [0.4, 0.5) is 0 Å². The van der Waals surface area contributed by atoms with Gasteiger partial charge in [-0.1, -0.05) is 36.0 Å². The first-order valence-corrected chi connectivity index (χ1v) is 7.00. The molecule has 1 aromatic heterocycles. The fourth-order valence-corrected chi connectivity index (χ4v) is 2.76. The number of benzene rings is 1. The minimum Gasteiger partial charge on any atom is -0.294 e. The molecule has 0 unspecified atom stereocenters. The molecule has 7 heteroatoms. The van der Waals surface area contributed by atoms with Crippen LogP contribution in [0.2, 0.25) is 0 Å². The molecule has 0 atom stereocenters. The van der Waals surface area contributed by atoms with E-state index < -0.39 is 0 Å². The molecule has 0 aliphatic carbocycles. The van der Waals surface area contributed by atoms with Crippen LogP contribution in [0, 0.1) is 0 Å². The molecular weight excluding hydrogens is 268 g/mol. The second-order valence-corrected chi connectivity index (χ2v) is 5.56. The van der Waals surface area contributed by atoms with Crippen LogP contribution < -0.4 is 11.3 Å². The Morgan fingerprint density at radius 3 is 2.67 bits per heavy atom. The quantitative estimate of drug-likeness (QED) is 0.374. The molecule has 0 aliphatic heterocycles. The highest BCUT2D eigenvalue weighted by Gasteiger charge is 2.02. The van der Waals surface area contributed by atoms with Crippen LogP contribution in [-0.4, -0.2) is 15.3 Å². The number of aromatic nitrogens is 2. The number of nitrogens with two attached hydrogens (primary N) is 1. The number of carbonyl (C=O) groups is 1. The van der Waals surface area contributed by atoms with Crippen LogP contribution in [0.5, 0.6) is 0 Å². The Labute approximate surface area is 113 Å². The van der Waals surface area contributed by atoms with Crippen LogP contribution in [0.15, 0.2) is 34.9 Å². The monoisotopic (exact) mass is 280 g/mol. The van der Waals surface area contributed by atoms with Gasteiger partial charge in [0.1, 0.15) is 6.33 Å². The lowest BCUT2D eigenvalue weighted by Gasteiger charge is -2.02. The SMILES string of the molecule is NNC(=O)Cc1ccc(CSc2ncns2)cc1. The van der Waals surface area contributed by atoms with Crippen LogP contribution >= 0.6 is 23.3 Å². The van der Waals surface area contributed by atoms with Gasteiger partial charge in [-0.25, -0.2) is 10.8 Å². The van der Waals surface area contributed by atoms with E-state index in [1.165, 1.54) is 17.1 Å². The number of carbonyl (C=O) groups excluding carboxylic acids is 1. The van der Waals surface area contributed by atoms with Crippen molar-refractivity contribution in [1.82, 2.24) is 14.8 Å². The topological polar surface area (TPSA) is 80.9 Å². The van der Waals surface area contributed by atoms with Gasteiger partial charge in [-0.2, -0.15) is 4.37 Å². The Kier molecular flexibility index (Phi) is 4.68. The fourth-order valence-electron chi connectivity index (χ4n) is 1.36. The van der Waals surface area contributed by atoms with Gasteiger partial charge in [-0.15, -0.1) is 0 Å². The van der Waals surface area contributed by atoms with E-state index in [1.54, 1.807) is 18.1 Å². The third kappa shape index (κ3) is 3.80. The summed E-state index contributed by atoms with van der Waals surface area (Å²) in [6, 6.07) is 7.89. The van der Waals surface area contributed by atoms with Crippen LogP contribution in [0.25, 0.3) is 0 Å². The molecule has 3 N–H and O–H groups in total. The Bertz CT molecular complexity index is 498. The maximum Gasteiger partial charge on any atom is 0.238 e. The first kappa shape index (κ1) is 13.0. The van der Waals surface area contributed by atoms with E-state index in [-0.39, 0.29) is 5.91 Å². The number of amides is 1. The molecular formula is C11H12N4OS2. The van der Waals surface area contributed by atoms with Gasteiger partial charge in [0.2, 0.25) is 5.91 Å². The second-order valence-electron chi connectivity index (χ2n) is 3.56. The summed E-state index contributed by atoms with van der Waals surface area (Å²) < 4.78 is 4.90. The van der Waals surface area contributed by atoms with Gasteiger partial charge in [-0.3, -0.25) is 10.2 Å². The number of hydrogen-bond acceptors (Lipinski definition) is 6. The van der Waals surface area contributed by atoms with Crippen molar-refractivity contribution in [3.05, 3.63) is 41.7 Å². The highest BCUT2D eigenvalue weighted by atomic mass is 32.2. The van der Waals surface area contributed by atoms with Gasteiger partial charge in [0.05, 0.1) is 6.42 Å². The first-order valence-electron chi connectivity index (χ1n) is 5.24. The largest absolute Gasteiger partial charge is 0.294 e. The molecule has 0 spiro atoms. The predicted octanol–water partition coefficient (Wildman–Crippen LogP) is 1.36. The summed E-state index contributed by atoms with van der Waals surface area (Å²) in [5, 5.41) is 0. The third-order valence-corrected chi connectivity index (χ3v) is 4.12. The lowest BCUT2D eigenvalue weighted by Crippen LogP contribution is -2.31. The minimum absolute atomic E-state index is 0.189. The van der Waals surface area contributed by atoms with Crippen molar-refractivity contribution in [3.63, 3.8) is 0 Å². The fraction of sp³-hybridized carbons (Fsp3) is 0.182. The molecule has 5 nitrogen and oxygen atoms in total. The molecule has 0 saturated carbocycles. The van der Waals surface area contributed by atoms with Crippen molar-refractivity contribution in [2.45, 2.75) is 16.5 Å². The predicted molar refractivity (Wildman–Crippen MR) is 71.9 cm³/mol. The van der Waals surface area contributed by atoms with E-state index >= 15 is 0 Å². The van der Waals surface area contributed by atoms with Gasteiger partial charge in [0.25, 0.3) is 0 Å². The highest BCUT2D eigenvalue weighted by Crippen LogP contribution is 2.23. The van der Waals surface area contributed by atoms with Crippen LogP contribution in [0.3, 0.4) is 0 Å². The maximum atomic E-state index is 11.1. The molecule has 0 fully saturated rings. The normalized spacial score (nSPS) is 10.3. The molecule has 0 aliphatic rings. The Morgan fingerprint density at radius 1 is 1.33 bits per heavy atom. The summed E-state index contributed by atoms with van der Waals surface area (Å²) in [5.41, 5.74) is 4.25. The zero-order valence-corrected chi connectivity index (χ0v) is 11.1. The number of nitrogens with one attached hydrogen (secondary N) is 1. The standard InChI is InChI=1S/C11H12N4OS2/c12-15-10(16)5-8-1-3-9(4-2-8)6-17-11-13-7-14-18-11/h1-4,7H,5-6,12H2,(H,15,16). The van der Waals surface area contributed by atoms with Crippen molar-refractivity contribution >= 4 is 29.2 Å². The van der Waals surface area contributed by atoms with E-state index in [9.17, 15) is 4.79 Å². The lowest BCUT2D eigenvalue weighted by atomic mass is 10.1. The Balaban J connectivity index is 1.89. The summed E-state index contributed by atoms with van der Waals surface area (Å²) in [6.45, 7) is 0. The zero-order chi connectivity index (χ0) is 12.8. The molecule has 1 aromatic carbocycles. The zero-order valence-electron chi connectivity index (χ0n) is 9.50. The van der Waals surface area contributed by atoms with E-state index in [1.807, 2.05) is 24.3 Å². The molecule has 2 rings (SSSR count). The molecule has 0 bridgehead atoms. The van der Waals surface area contributed by atoms with Crippen LogP contribution in [-0.2, 0) is 17.0 Å². The van der Waals surface area contributed by atoms with E-state index in [4.69, 9.17) is 5.84 Å². The van der Waals surface area contributed by atoms with Crippen molar-refractivity contribution in [1.29, 1.82) is 0 Å². The van der Waals surface area contributed by atoms with Gasteiger partial charge in [0, 0.05) is 5.75 Å². The van der Waals surface area contributed by atoms with Crippen molar-refractivity contribution in [2.24, 2.45) is 5.84 Å². The smallest absolute Gasteiger partial charge is 0.238 e. The summed E-state index contributed by atoms with van der Waals surface area (Å²) in [5.74, 6) is 5.69. The highest BCUT2D eigenvalue weighted by molar-refractivity contribution is 8.00. The van der Waals surface area contributed by atoms with Gasteiger partial charge < -0.3 is 0 Å². The summed E-state index contributed by atoms with van der Waals surface area (Å²) >= 11 is 3.04. The number of hydrazine groups is 1. The average Bonchev–Trinajstić information content (AvgIpc) is 2.91. The first-order chi connectivity index (χ1) is 8.78. The second kappa shape index (κ2) is 6.48. The molecule has 18 heavy (non-hydrogen) atoms. The maximum absolute atomic E-state index is 11.1. The number of rotatable bonds is 5. The Hall–Kier alpha value is -1.44. The summed E-state index contributed by atoms with van der Waals surface area (Å²) in [4.78, 5) is 15.2. The van der Waals surface area contributed by atoms with Gasteiger partial charge >= 0.3 is 0 Å². The van der Waals surface area contributed by atoms with E-state index in [0.29, 0.717) is 6.42 Å². The third-order valence-electron chi connectivity index (χ3n) is 2.25. The molecule has 0 radical (unpaired) electrons. The van der Waals surface area contributed by atoms with Crippen molar-refractivity contribution < 1.29 is 4.79 Å². The van der Waals surface area contributed by atoms with Gasteiger partial charge in [0.15, 0.2) is 4.34 Å². The molecule has 94 valence electrons. The Morgan fingerprint density at radius 2 is 2.06 bits per heavy atom. The number of hydrogen-bond donors (Lipinski definition) is 2. The molecule has 2 aromatic rings. The minimum atomic E-state index is -0.189. The summed E-state index contributed by atoms with van der Waals surface area (Å²) in [7, 11) is 0. The molecule has 0 saturated heterocycles. The summed E-state index contributed by atoms with van der Waals surface area (Å²) in [6.07, 6.45) is 1.86. The number of thioether (sulfide) groups is 1. The molecule has 1 heterocycles. The lowest BCUT2D eigenvalue weighted by molar-refractivity contribution is -0.120. The number of nitrogens with zero attached hydrogens (tertiary/aromatic N) is 2. The molecule has 1 amide bonds. The van der Waals surface area contributed by atoms with Crippen LogP contribution in [0.1, 0.15) is 11.1 Å². The van der Waals surface area contributed by atoms with E-state index in [0.717, 1.165) is 15.7 Å². The average molecular weight is 280 g/mol. The van der Waals surface area contributed by atoms with Crippen molar-refractivity contribution in [3.8, 4) is 0 Å². The van der Waals surface area contributed by atoms with E-state index in [2.05, 4.69) is 14.8 Å². The van der Waals surface area contributed by atoms with Gasteiger partial charge in [-0.05, 0) is 22.7 Å². The van der Waals surface area contributed by atoms with Crippen molar-refractivity contribution in [2.75, 3.05) is 0 Å².